The molecular weight excluding hydrogens is 122 g/mol. The first-order valence-electron chi connectivity index (χ1n) is 3.05. The Bertz CT molecular complexity index is 143. The van der Waals surface area contributed by atoms with Gasteiger partial charge in [-0.1, -0.05) is 13.8 Å². The van der Waals surface area contributed by atoms with Gasteiger partial charge < -0.3 is 0 Å². The highest BCUT2D eigenvalue weighted by Crippen LogP contribution is 2.52. The molecule has 0 radical (unpaired) electrons. The molecule has 0 spiro atoms. The number of halogens is 2. The zero-order valence-corrected chi connectivity index (χ0v) is 5.62. The third-order valence-corrected chi connectivity index (χ3v) is 1.92. The average molecular weight is 132 g/mol. The largest absolute Gasteiger partial charge is 0.266 e. The van der Waals surface area contributed by atoms with Crippen LogP contribution in [-0.2, 0) is 0 Å². The first kappa shape index (κ1) is 6.72. The Hall–Kier alpha value is -0.400. The van der Waals surface area contributed by atoms with Gasteiger partial charge in [-0.3, -0.25) is 0 Å². The van der Waals surface area contributed by atoms with Gasteiger partial charge in [0.1, 0.15) is 0 Å². The van der Waals surface area contributed by atoms with E-state index in [1.54, 1.807) is 0 Å². The topological polar surface area (TPSA) is 0 Å². The fraction of sp³-hybridized carbons (Fsp3) is 0.714. The van der Waals surface area contributed by atoms with Crippen LogP contribution >= 0.6 is 0 Å². The Morgan fingerprint density at radius 2 is 2.00 bits per heavy atom. The minimum Gasteiger partial charge on any atom is -0.174 e. The summed E-state index contributed by atoms with van der Waals surface area (Å²) >= 11 is 0. The van der Waals surface area contributed by atoms with Crippen LogP contribution in [0.5, 0.6) is 0 Å². The lowest BCUT2D eigenvalue weighted by Gasteiger charge is -1.94. The van der Waals surface area contributed by atoms with Crippen molar-refractivity contribution < 1.29 is 8.78 Å². The molecule has 52 valence electrons. The third-order valence-electron chi connectivity index (χ3n) is 1.92. The standard InChI is InChI=1S/C7H10F2/c1-7(2)4-5(7)3-6(8)9/h3,5H,4H2,1-2H3/t5-/m1/s1. The van der Waals surface area contributed by atoms with Crippen LogP contribution < -0.4 is 0 Å². The van der Waals surface area contributed by atoms with E-state index < -0.39 is 6.08 Å². The second-order valence-corrected chi connectivity index (χ2v) is 3.26. The number of allylic oxidation sites excluding steroid dienone is 1. The van der Waals surface area contributed by atoms with Crippen molar-refractivity contribution in [3.8, 4) is 0 Å². The lowest BCUT2D eigenvalue weighted by Crippen LogP contribution is -1.85. The van der Waals surface area contributed by atoms with Crippen LogP contribution in [0.4, 0.5) is 8.78 Å². The van der Waals surface area contributed by atoms with E-state index in [9.17, 15) is 8.78 Å². The van der Waals surface area contributed by atoms with E-state index in [0.717, 1.165) is 12.5 Å². The molecule has 0 N–H and O–H groups in total. The third kappa shape index (κ3) is 1.50. The fourth-order valence-electron chi connectivity index (χ4n) is 0.944. The Balaban J connectivity index is 2.45. The molecule has 0 aromatic rings. The van der Waals surface area contributed by atoms with Crippen molar-refractivity contribution in [1.82, 2.24) is 0 Å². The molecule has 0 unspecified atom stereocenters. The molecule has 0 saturated heterocycles. The van der Waals surface area contributed by atoms with Crippen molar-refractivity contribution in [2.24, 2.45) is 11.3 Å². The Labute approximate surface area is 53.6 Å². The summed E-state index contributed by atoms with van der Waals surface area (Å²) in [5.41, 5.74) is 0.142. The summed E-state index contributed by atoms with van der Waals surface area (Å²) in [6, 6.07) is 0. The molecule has 0 aromatic carbocycles. The van der Waals surface area contributed by atoms with Crippen molar-refractivity contribution in [2.75, 3.05) is 0 Å². The maximum Gasteiger partial charge on any atom is 0.266 e. The lowest BCUT2D eigenvalue weighted by atomic mass is 10.1. The number of rotatable bonds is 1. The van der Waals surface area contributed by atoms with Gasteiger partial charge in [-0.05, 0) is 23.8 Å². The zero-order valence-electron chi connectivity index (χ0n) is 5.62. The molecule has 2 heteroatoms. The smallest absolute Gasteiger partial charge is 0.174 e. The summed E-state index contributed by atoms with van der Waals surface area (Å²) in [6.07, 6.45) is 0.426. The molecule has 1 saturated carbocycles. The van der Waals surface area contributed by atoms with Gasteiger partial charge in [0.15, 0.2) is 0 Å². The minimum absolute atomic E-state index is 0.127. The SMILES string of the molecule is CC1(C)C[C@H]1C=C(F)F. The Morgan fingerprint density at radius 1 is 1.56 bits per heavy atom. The lowest BCUT2D eigenvalue weighted by molar-refractivity contribution is 0.412. The average Bonchev–Trinajstić information content (AvgIpc) is 2.10. The first-order valence-corrected chi connectivity index (χ1v) is 3.05. The molecule has 0 heterocycles. The minimum atomic E-state index is -1.54. The Kier molecular flexibility index (Phi) is 1.34. The monoisotopic (exact) mass is 132 g/mol. The van der Waals surface area contributed by atoms with Gasteiger partial charge in [0.05, 0.1) is 0 Å². The molecule has 0 amide bonds. The molecule has 0 nitrogen and oxygen atoms in total. The predicted molar refractivity (Wildman–Crippen MR) is 32.2 cm³/mol. The van der Waals surface area contributed by atoms with E-state index in [-0.39, 0.29) is 11.3 Å². The number of hydrogen-bond acceptors (Lipinski definition) is 0. The molecule has 1 aliphatic rings. The summed E-state index contributed by atoms with van der Waals surface area (Å²) in [7, 11) is 0. The summed E-state index contributed by atoms with van der Waals surface area (Å²) in [6.45, 7) is 3.99. The summed E-state index contributed by atoms with van der Waals surface area (Å²) in [5, 5.41) is 0. The van der Waals surface area contributed by atoms with Crippen molar-refractivity contribution >= 4 is 0 Å². The van der Waals surface area contributed by atoms with Crippen LogP contribution in [0.2, 0.25) is 0 Å². The van der Waals surface area contributed by atoms with Crippen LogP contribution in [-0.4, -0.2) is 0 Å². The van der Waals surface area contributed by atoms with E-state index >= 15 is 0 Å². The van der Waals surface area contributed by atoms with Gasteiger partial charge in [0.2, 0.25) is 0 Å². The van der Waals surface area contributed by atoms with E-state index in [4.69, 9.17) is 0 Å². The van der Waals surface area contributed by atoms with Crippen LogP contribution in [0.15, 0.2) is 12.2 Å². The van der Waals surface area contributed by atoms with E-state index in [1.165, 1.54) is 0 Å². The highest BCUT2D eigenvalue weighted by molar-refractivity contribution is 5.07. The summed E-state index contributed by atoms with van der Waals surface area (Å²) < 4.78 is 23.1. The second kappa shape index (κ2) is 1.79. The Morgan fingerprint density at radius 3 is 2.11 bits per heavy atom. The number of hydrogen-bond donors (Lipinski definition) is 0. The molecular formula is C7H10F2. The predicted octanol–water partition coefficient (Wildman–Crippen LogP) is 2.81. The quantitative estimate of drug-likeness (QED) is 0.514. The van der Waals surface area contributed by atoms with E-state index in [0.29, 0.717) is 0 Å². The van der Waals surface area contributed by atoms with Crippen molar-refractivity contribution in [3.63, 3.8) is 0 Å². The summed E-state index contributed by atoms with van der Waals surface area (Å²) in [4.78, 5) is 0. The first-order chi connectivity index (χ1) is 4.02. The second-order valence-electron chi connectivity index (χ2n) is 3.26. The maximum absolute atomic E-state index is 11.5. The molecule has 0 bridgehead atoms. The van der Waals surface area contributed by atoms with Gasteiger partial charge in [-0.2, -0.15) is 8.78 Å². The van der Waals surface area contributed by atoms with Crippen LogP contribution in [0.3, 0.4) is 0 Å². The van der Waals surface area contributed by atoms with Gasteiger partial charge >= 0.3 is 0 Å². The van der Waals surface area contributed by atoms with Gasteiger partial charge in [-0.15, -0.1) is 0 Å². The van der Waals surface area contributed by atoms with Crippen molar-refractivity contribution in [1.29, 1.82) is 0 Å². The molecule has 1 rings (SSSR count). The molecule has 0 aromatic heterocycles. The van der Waals surface area contributed by atoms with Crippen molar-refractivity contribution in [3.05, 3.63) is 12.2 Å². The van der Waals surface area contributed by atoms with E-state index in [1.807, 2.05) is 13.8 Å². The van der Waals surface area contributed by atoms with Gasteiger partial charge in [0, 0.05) is 0 Å². The summed E-state index contributed by atoms with van der Waals surface area (Å²) in [5.74, 6) is 0.127. The molecule has 1 aliphatic carbocycles. The molecule has 1 fully saturated rings. The van der Waals surface area contributed by atoms with Crippen LogP contribution in [0.25, 0.3) is 0 Å². The normalized spacial score (nSPS) is 29.6. The van der Waals surface area contributed by atoms with Crippen LogP contribution in [0.1, 0.15) is 20.3 Å². The highest BCUT2D eigenvalue weighted by Gasteiger charge is 2.44. The molecule has 0 aliphatic heterocycles. The molecule has 9 heavy (non-hydrogen) atoms. The van der Waals surface area contributed by atoms with Crippen LogP contribution in [0, 0.1) is 11.3 Å². The van der Waals surface area contributed by atoms with E-state index in [2.05, 4.69) is 0 Å². The zero-order chi connectivity index (χ0) is 7.07. The van der Waals surface area contributed by atoms with Crippen molar-refractivity contribution in [2.45, 2.75) is 20.3 Å². The molecule has 1 atom stereocenters. The highest BCUT2D eigenvalue weighted by atomic mass is 19.3. The maximum atomic E-state index is 11.5. The van der Waals surface area contributed by atoms with Gasteiger partial charge in [-0.25, -0.2) is 0 Å². The van der Waals surface area contributed by atoms with Gasteiger partial charge in [0.25, 0.3) is 6.08 Å². The fourth-order valence-corrected chi connectivity index (χ4v) is 0.944.